The molecule has 1 aliphatic heterocycles. The largest absolute Gasteiger partial charge is 0.340 e. The third-order valence-corrected chi connectivity index (χ3v) is 6.00. The van der Waals surface area contributed by atoms with Crippen LogP contribution >= 0.6 is 11.6 Å². The normalized spacial score (nSPS) is 23.0. The molecule has 2 aliphatic rings. The van der Waals surface area contributed by atoms with E-state index in [9.17, 15) is 4.79 Å². The van der Waals surface area contributed by atoms with Crippen LogP contribution in [-0.4, -0.2) is 48.4 Å². The fourth-order valence-electron chi connectivity index (χ4n) is 3.95. The Morgan fingerprint density at radius 1 is 0.962 bits per heavy atom. The van der Waals surface area contributed by atoms with Crippen molar-refractivity contribution in [2.24, 2.45) is 5.92 Å². The average molecular weight is 369 g/mol. The molecule has 1 saturated heterocycles. The molecule has 2 unspecified atom stereocenters. The molecule has 26 heavy (non-hydrogen) atoms. The summed E-state index contributed by atoms with van der Waals surface area (Å²) in [6, 6.07) is 18.5. The van der Waals surface area contributed by atoms with E-state index in [0.717, 1.165) is 56.2 Å². The van der Waals surface area contributed by atoms with Crippen molar-refractivity contribution in [2.45, 2.75) is 18.8 Å². The summed E-state index contributed by atoms with van der Waals surface area (Å²) < 4.78 is 0. The molecule has 1 saturated carbocycles. The minimum atomic E-state index is 0.130. The van der Waals surface area contributed by atoms with Crippen LogP contribution in [0, 0.1) is 5.92 Å². The molecule has 4 heteroatoms. The zero-order valence-corrected chi connectivity index (χ0v) is 15.7. The van der Waals surface area contributed by atoms with Crippen molar-refractivity contribution in [3.05, 3.63) is 70.7 Å². The lowest BCUT2D eigenvalue weighted by Gasteiger charge is -2.35. The second-order valence-electron chi connectivity index (χ2n) is 7.37. The zero-order chi connectivity index (χ0) is 17.9. The number of carbonyl (C=O) groups excluding carboxylic acids is 1. The smallest absolute Gasteiger partial charge is 0.226 e. The average Bonchev–Trinajstić information content (AvgIpc) is 3.48. The number of hydrogen-bond acceptors (Lipinski definition) is 2. The zero-order valence-electron chi connectivity index (χ0n) is 15.0. The Bertz CT molecular complexity index is 756. The Balaban J connectivity index is 1.25. The van der Waals surface area contributed by atoms with Gasteiger partial charge >= 0.3 is 0 Å². The highest BCUT2D eigenvalue weighted by atomic mass is 35.5. The fourth-order valence-corrected chi connectivity index (χ4v) is 4.22. The molecular formula is C22H25ClN2O. The monoisotopic (exact) mass is 368 g/mol. The van der Waals surface area contributed by atoms with E-state index in [0.29, 0.717) is 11.8 Å². The van der Waals surface area contributed by atoms with Crippen molar-refractivity contribution < 1.29 is 4.79 Å². The van der Waals surface area contributed by atoms with Gasteiger partial charge in [-0.25, -0.2) is 0 Å². The molecule has 0 radical (unpaired) electrons. The minimum Gasteiger partial charge on any atom is -0.340 e. The molecular weight excluding hydrogens is 344 g/mol. The maximum Gasteiger partial charge on any atom is 0.226 e. The Morgan fingerprint density at radius 2 is 1.65 bits per heavy atom. The van der Waals surface area contributed by atoms with Gasteiger partial charge in [-0.1, -0.05) is 60.1 Å². The third-order valence-electron chi connectivity index (χ3n) is 5.66. The highest BCUT2D eigenvalue weighted by Gasteiger charge is 2.46. The molecule has 4 rings (SSSR count). The molecule has 1 amide bonds. The molecule has 0 N–H and O–H groups in total. The van der Waals surface area contributed by atoms with Gasteiger partial charge in [-0.05, 0) is 36.0 Å². The van der Waals surface area contributed by atoms with Crippen molar-refractivity contribution in [3.8, 4) is 0 Å². The summed E-state index contributed by atoms with van der Waals surface area (Å²) in [4.78, 5) is 17.3. The summed E-state index contributed by atoms with van der Waals surface area (Å²) in [6.07, 6.45) is 2.02. The minimum absolute atomic E-state index is 0.130. The van der Waals surface area contributed by atoms with Crippen molar-refractivity contribution in [3.63, 3.8) is 0 Å². The van der Waals surface area contributed by atoms with Gasteiger partial charge in [0.2, 0.25) is 5.91 Å². The van der Waals surface area contributed by atoms with Gasteiger partial charge < -0.3 is 4.90 Å². The first kappa shape index (κ1) is 17.6. The molecule has 3 nitrogen and oxygen atoms in total. The van der Waals surface area contributed by atoms with Gasteiger partial charge in [0.1, 0.15) is 0 Å². The van der Waals surface area contributed by atoms with Gasteiger partial charge in [-0.2, -0.15) is 0 Å². The van der Waals surface area contributed by atoms with Crippen molar-refractivity contribution >= 4 is 17.5 Å². The molecule has 2 fully saturated rings. The SMILES string of the molecule is O=C(C1CC1c1ccccc1Cl)N1CCN(CCc2ccccc2)CC1. The molecule has 2 atom stereocenters. The van der Waals surface area contributed by atoms with Gasteiger partial charge in [0.15, 0.2) is 0 Å². The number of carbonyl (C=O) groups is 1. The summed E-state index contributed by atoms with van der Waals surface area (Å²) >= 11 is 6.29. The maximum atomic E-state index is 12.8. The number of halogens is 1. The topological polar surface area (TPSA) is 23.6 Å². The van der Waals surface area contributed by atoms with E-state index in [1.54, 1.807) is 0 Å². The van der Waals surface area contributed by atoms with Gasteiger partial charge in [-0.15, -0.1) is 0 Å². The van der Waals surface area contributed by atoms with Crippen LogP contribution in [-0.2, 0) is 11.2 Å². The van der Waals surface area contributed by atoms with Crippen LogP contribution in [0.5, 0.6) is 0 Å². The Morgan fingerprint density at radius 3 is 2.38 bits per heavy atom. The molecule has 0 spiro atoms. The number of piperazine rings is 1. The first-order chi connectivity index (χ1) is 12.7. The van der Waals surface area contributed by atoms with Crippen LogP contribution in [0.4, 0.5) is 0 Å². The lowest BCUT2D eigenvalue weighted by Crippen LogP contribution is -2.49. The van der Waals surface area contributed by atoms with Crippen molar-refractivity contribution in [2.75, 3.05) is 32.7 Å². The van der Waals surface area contributed by atoms with Crippen LogP contribution in [0.15, 0.2) is 54.6 Å². The van der Waals surface area contributed by atoms with Crippen LogP contribution in [0.2, 0.25) is 5.02 Å². The number of rotatable bonds is 5. The van der Waals surface area contributed by atoms with Crippen LogP contribution < -0.4 is 0 Å². The number of nitrogens with zero attached hydrogens (tertiary/aromatic N) is 2. The van der Waals surface area contributed by atoms with E-state index in [-0.39, 0.29) is 5.92 Å². The van der Waals surface area contributed by atoms with Crippen molar-refractivity contribution in [1.82, 2.24) is 9.80 Å². The molecule has 0 aromatic heterocycles. The van der Waals surface area contributed by atoms with E-state index >= 15 is 0 Å². The van der Waals surface area contributed by atoms with E-state index in [1.807, 2.05) is 18.2 Å². The summed E-state index contributed by atoms with van der Waals surface area (Å²) in [5.41, 5.74) is 2.51. The fraction of sp³-hybridized carbons (Fsp3) is 0.409. The summed E-state index contributed by atoms with van der Waals surface area (Å²) in [6.45, 7) is 4.71. The lowest BCUT2D eigenvalue weighted by atomic mass is 10.1. The molecule has 1 aliphatic carbocycles. The molecule has 2 aromatic carbocycles. The standard InChI is InChI=1S/C22H25ClN2O/c23-21-9-5-4-8-18(21)19-16-20(19)22(26)25-14-12-24(13-15-25)11-10-17-6-2-1-3-7-17/h1-9,19-20H,10-16H2. The van der Waals surface area contributed by atoms with E-state index in [2.05, 4.69) is 46.2 Å². The highest BCUT2D eigenvalue weighted by molar-refractivity contribution is 6.31. The van der Waals surface area contributed by atoms with E-state index in [1.165, 1.54) is 5.56 Å². The van der Waals surface area contributed by atoms with Gasteiger partial charge in [0, 0.05) is 43.7 Å². The predicted molar refractivity (Wildman–Crippen MR) is 105 cm³/mol. The summed E-state index contributed by atoms with van der Waals surface area (Å²) in [5.74, 6) is 0.760. The van der Waals surface area contributed by atoms with E-state index in [4.69, 9.17) is 11.6 Å². The summed E-state index contributed by atoms with van der Waals surface area (Å²) in [5, 5.41) is 0.790. The quantitative estimate of drug-likeness (QED) is 0.800. The molecule has 2 aromatic rings. The van der Waals surface area contributed by atoms with Gasteiger partial charge in [0.05, 0.1) is 0 Å². The number of amides is 1. The maximum absolute atomic E-state index is 12.8. The van der Waals surface area contributed by atoms with Crippen molar-refractivity contribution in [1.29, 1.82) is 0 Å². The molecule has 1 heterocycles. The first-order valence-corrected chi connectivity index (χ1v) is 9.89. The van der Waals surface area contributed by atoms with Crippen LogP contribution in [0.25, 0.3) is 0 Å². The lowest BCUT2D eigenvalue weighted by molar-refractivity contribution is -0.134. The Hall–Kier alpha value is -1.84. The highest BCUT2D eigenvalue weighted by Crippen LogP contribution is 2.50. The first-order valence-electron chi connectivity index (χ1n) is 9.52. The Kier molecular flexibility index (Phi) is 5.28. The second kappa shape index (κ2) is 7.81. The number of benzene rings is 2. The van der Waals surface area contributed by atoms with Crippen LogP contribution in [0.1, 0.15) is 23.5 Å². The number of hydrogen-bond donors (Lipinski definition) is 0. The molecule has 136 valence electrons. The molecule has 0 bridgehead atoms. The summed E-state index contributed by atoms with van der Waals surface area (Å²) in [7, 11) is 0. The van der Waals surface area contributed by atoms with Gasteiger partial charge in [0.25, 0.3) is 0 Å². The predicted octanol–water partition coefficient (Wildman–Crippen LogP) is 3.83. The second-order valence-corrected chi connectivity index (χ2v) is 7.78. The van der Waals surface area contributed by atoms with Crippen LogP contribution in [0.3, 0.4) is 0 Å². The third kappa shape index (κ3) is 3.94. The Labute approximate surface area is 160 Å². The van der Waals surface area contributed by atoms with E-state index < -0.39 is 0 Å². The van der Waals surface area contributed by atoms with Gasteiger partial charge in [-0.3, -0.25) is 9.69 Å².